The third-order valence-electron chi connectivity index (χ3n) is 7.72. The lowest BCUT2D eigenvalue weighted by atomic mass is 9.30. The minimum Gasteiger partial charge on any atom is -0.0654 e. The van der Waals surface area contributed by atoms with Crippen molar-refractivity contribution >= 4 is 0 Å². The summed E-state index contributed by atoms with van der Waals surface area (Å²) in [5.41, 5.74) is 1.47. The van der Waals surface area contributed by atoms with Crippen LogP contribution in [0.25, 0.3) is 0 Å². The topological polar surface area (TPSA) is 0 Å². The second-order valence-electron chi connectivity index (χ2n) is 8.59. The Hall–Kier alpha value is 0. The summed E-state index contributed by atoms with van der Waals surface area (Å²) in [7, 11) is 0. The summed E-state index contributed by atoms with van der Waals surface area (Å²) in [5, 5.41) is 0. The summed E-state index contributed by atoms with van der Waals surface area (Å²) in [6, 6.07) is 0. The van der Waals surface area contributed by atoms with Crippen molar-refractivity contribution in [1.82, 2.24) is 0 Å². The average Bonchev–Trinajstić information content (AvgIpc) is 2.42. The summed E-state index contributed by atoms with van der Waals surface area (Å²) >= 11 is 0. The van der Waals surface area contributed by atoms with Crippen molar-refractivity contribution in [2.24, 2.45) is 34.5 Å². The first-order valence-electron chi connectivity index (χ1n) is 10.0. The van der Waals surface area contributed by atoms with Crippen LogP contribution >= 0.6 is 0 Å². The number of rotatable bonds is 8. The van der Waals surface area contributed by atoms with Crippen molar-refractivity contribution in [2.75, 3.05) is 0 Å². The molecule has 2 fully saturated rings. The number of hydrogen-bond donors (Lipinski definition) is 0. The van der Waals surface area contributed by atoms with Crippen molar-refractivity contribution in [2.45, 2.75) is 99.3 Å². The molecular formula is C21H40. The Labute approximate surface area is 134 Å². The van der Waals surface area contributed by atoms with Crippen LogP contribution in [0.5, 0.6) is 0 Å². The van der Waals surface area contributed by atoms with Gasteiger partial charge in [-0.05, 0) is 53.8 Å². The smallest absolute Gasteiger partial charge is 0.0225 e. The van der Waals surface area contributed by atoms with Gasteiger partial charge in [-0.15, -0.1) is 0 Å². The van der Waals surface area contributed by atoms with E-state index in [1.54, 1.807) is 6.42 Å². The molecule has 0 heteroatoms. The van der Waals surface area contributed by atoms with Gasteiger partial charge in [0.2, 0.25) is 0 Å². The van der Waals surface area contributed by atoms with Crippen LogP contribution in [0.4, 0.5) is 0 Å². The molecule has 6 unspecified atom stereocenters. The highest BCUT2D eigenvalue weighted by molar-refractivity contribution is 5.18. The van der Waals surface area contributed by atoms with Gasteiger partial charge in [0.05, 0.1) is 0 Å². The van der Waals surface area contributed by atoms with Gasteiger partial charge in [-0.3, -0.25) is 0 Å². The van der Waals surface area contributed by atoms with E-state index in [2.05, 4.69) is 41.5 Å². The highest BCUT2D eigenvalue weighted by atomic mass is 14.7. The fraction of sp³-hybridized carbons (Fsp3) is 1.00. The van der Waals surface area contributed by atoms with Crippen LogP contribution in [0.15, 0.2) is 0 Å². The highest BCUT2D eigenvalue weighted by Crippen LogP contribution is 2.77. The zero-order valence-electron chi connectivity index (χ0n) is 15.7. The fourth-order valence-electron chi connectivity index (χ4n) is 7.08. The standard InChI is InChI=1S/C21H40/c1-7-11-13-20(17(6)12-8-2)15-21(19(20)10-4)14-16(5)18(21)9-3/h16-19H,7-15H2,1-6H3. The van der Waals surface area contributed by atoms with Gasteiger partial charge in [0.25, 0.3) is 0 Å². The zero-order valence-corrected chi connectivity index (χ0v) is 15.7. The van der Waals surface area contributed by atoms with Crippen molar-refractivity contribution in [3.63, 3.8) is 0 Å². The quantitative estimate of drug-likeness (QED) is 0.448. The van der Waals surface area contributed by atoms with Gasteiger partial charge < -0.3 is 0 Å². The van der Waals surface area contributed by atoms with Gasteiger partial charge >= 0.3 is 0 Å². The van der Waals surface area contributed by atoms with Crippen molar-refractivity contribution < 1.29 is 0 Å². The van der Waals surface area contributed by atoms with E-state index in [0.29, 0.717) is 5.41 Å². The van der Waals surface area contributed by atoms with Crippen molar-refractivity contribution in [1.29, 1.82) is 0 Å². The molecule has 21 heavy (non-hydrogen) atoms. The van der Waals surface area contributed by atoms with Gasteiger partial charge in [0.15, 0.2) is 0 Å². The van der Waals surface area contributed by atoms with Crippen molar-refractivity contribution in [3.8, 4) is 0 Å². The summed E-state index contributed by atoms with van der Waals surface area (Å²) in [5.74, 6) is 4.00. The summed E-state index contributed by atoms with van der Waals surface area (Å²) in [6.45, 7) is 14.8. The molecular weight excluding hydrogens is 252 g/mol. The first kappa shape index (κ1) is 17.4. The molecule has 0 aromatic heterocycles. The minimum absolute atomic E-state index is 0.703. The van der Waals surface area contributed by atoms with Crippen molar-refractivity contribution in [3.05, 3.63) is 0 Å². The Morgan fingerprint density at radius 2 is 1.76 bits per heavy atom. The molecule has 0 N–H and O–H groups in total. The molecule has 6 atom stereocenters. The lowest BCUT2D eigenvalue weighted by molar-refractivity contribution is -0.261. The van der Waals surface area contributed by atoms with Crippen LogP contribution in [0.3, 0.4) is 0 Å². The number of unbranched alkanes of at least 4 members (excludes halogenated alkanes) is 1. The van der Waals surface area contributed by atoms with E-state index in [1.165, 1.54) is 51.4 Å². The third-order valence-corrected chi connectivity index (χ3v) is 7.72. The second-order valence-corrected chi connectivity index (χ2v) is 8.59. The van der Waals surface area contributed by atoms with E-state index in [4.69, 9.17) is 0 Å². The molecule has 0 saturated heterocycles. The predicted octanol–water partition coefficient (Wildman–Crippen LogP) is 7.08. The van der Waals surface area contributed by atoms with Gasteiger partial charge in [-0.25, -0.2) is 0 Å². The van der Waals surface area contributed by atoms with Crippen LogP contribution in [-0.2, 0) is 0 Å². The molecule has 2 saturated carbocycles. The molecule has 0 bridgehead atoms. The maximum absolute atomic E-state index is 2.58. The SMILES string of the molecule is CCCCC1(C(C)CCC)CC2(CC(C)C2CC)C1CC. The molecule has 0 aromatic carbocycles. The molecule has 2 aliphatic carbocycles. The van der Waals surface area contributed by atoms with E-state index in [9.17, 15) is 0 Å². The molecule has 0 nitrogen and oxygen atoms in total. The maximum Gasteiger partial charge on any atom is -0.0225 e. The first-order valence-corrected chi connectivity index (χ1v) is 10.0. The fourth-order valence-corrected chi connectivity index (χ4v) is 7.08. The first-order chi connectivity index (χ1) is 10.0. The van der Waals surface area contributed by atoms with Crippen LogP contribution in [-0.4, -0.2) is 0 Å². The normalized spacial score (nSPS) is 43.4. The third kappa shape index (κ3) is 2.49. The Bertz CT molecular complexity index is 333. The van der Waals surface area contributed by atoms with Crippen LogP contribution in [0.2, 0.25) is 0 Å². The Balaban J connectivity index is 2.19. The number of hydrogen-bond acceptors (Lipinski definition) is 0. The molecule has 1 spiro atoms. The average molecular weight is 293 g/mol. The lowest BCUT2D eigenvalue weighted by Gasteiger charge is -2.75. The summed E-state index contributed by atoms with van der Waals surface area (Å²) < 4.78 is 0. The largest absolute Gasteiger partial charge is 0.0654 e. The summed E-state index contributed by atoms with van der Waals surface area (Å²) in [4.78, 5) is 0. The molecule has 0 aromatic rings. The second kappa shape index (κ2) is 6.63. The molecule has 0 aliphatic heterocycles. The molecule has 0 radical (unpaired) electrons. The van der Waals surface area contributed by atoms with E-state index in [0.717, 1.165) is 29.1 Å². The molecule has 124 valence electrons. The Kier molecular flexibility index (Phi) is 5.48. The predicted molar refractivity (Wildman–Crippen MR) is 94.4 cm³/mol. The van der Waals surface area contributed by atoms with Gasteiger partial charge in [-0.1, -0.05) is 80.1 Å². The summed E-state index contributed by atoms with van der Waals surface area (Å²) in [6.07, 6.45) is 13.1. The zero-order chi connectivity index (χ0) is 15.7. The van der Waals surface area contributed by atoms with Crippen LogP contribution < -0.4 is 0 Å². The Morgan fingerprint density at radius 1 is 1.05 bits per heavy atom. The minimum atomic E-state index is 0.703. The van der Waals surface area contributed by atoms with Gasteiger partial charge in [0.1, 0.15) is 0 Å². The van der Waals surface area contributed by atoms with Gasteiger partial charge in [0, 0.05) is 0 Å². The van der Waals surface area contributed by atoms with E-state index in [-0.39, 0.29) is 0 Å². The van der Waals surface area contributed by atoms with E-state index in [1.807, 2.05) is 0 Å². The monoisotopic (exact) mass is 292 g/mol. The van der Waals surface area contributed by atoms with Crippen LogP contribution in [0.1, 0.15) is 99.3 Å². The lowest BCUT2D eigenvalue weighted by Crippen LogP contribution is -2.67. The Morgan fingerprint density at radius 3 is 2.24 bits per heavy atom. The molecule has 0 amide bonds. The van der Waals surface area contributed by atoms with Gasteiger partial charge in [-0.2, -0.15) is 0 Å². The maximum atomic E-state index is 2.58. The molecule has 0 heterocycles. The van der Waals surface area contributed by atoms with E-state index >= 15 is 0 Å². The molecule has 2 aliphatic rings. The van der Waals surface area contributed by atoms with E-state index < -0.39 is 0 Å². The van der Waals surface area contributed by atoms with Crippen LogP contribution in [0, 0.1) is 34.5 Å². The highest BCUT2D eigenvalue weighted by Gasteiger charge is 2.69. The molecule has 2 rings (SSSR count).